The first-order valence-corrected chi connectivity index (χ1v) is 12.3. The lowest BCUT2D eigenvalue weighted by Crippen LogP contribution is -2.44. The van der Waals surface area contributed by atoms with Gasteiger partial charge in [-0.05, 0) is 63.5 Å². The molecular formula is C24H39N5O2. The van der Waals surface area contributed by atoms with Crippen LogP contribution in [0.5, 0.6) is 0 Å². The number of rotatable bonds is 9. The van der Waals surface area contributed by atoms with E-state index in [-0.39, 0.29) is 35.5 Å². The topological polar surface area (TPSA) is 77.0 Å². The van der Waals surface area contributed by atoms with Crippen LogP contribution in [0.4, 0.5) is 0 Å². The third-order valence-corrected chi connectivity index (χ3v) is 7.39. The Balaban J connectivity index is 1.31. The highest BCUT2D eigenvalue weighted by atomic mass is 16.2. The molecule has 7 nitrogen and oxygen atoms in total. The van der Waals surface area contributed by atoms with Gasteiger partial charge in [0.2, 0.25) is 11.8 Å². The lowest BCUT2D eigenvalue weighted by Gasteiger charge is -2.28. The molecule has 172 valence electrons. The third-order valence-electron chi connectivity index (χ3n) is 7.39. The van der Waals surface area contributed by atoms with E-state index in [1.165, 1.54) is 30.8 Å². The van der Waals surface area contributed by atoms with Crippen molar-refractivity contribution in [2.24, 2.45) is 34.6 Å². The molecule has 0 radical (unpaired) electrons. The Kier molecular flexibility index (Phi) is 6.99. The number of guanidine groups is 1. The van der Waals surface area contributed by atoms with Crippen molar-refractivity contribution in [3.63, 3.8) is 0 Å². The zero-order chi connectivity index (χ0) is 22.0. The minimum absolute atomic E-state index is 0.0293. The molecule has 5 atom stereocenters. The van der Waals surface area contributed by atoms with E-state index in [9.17, 15) is 9.59 Å². The summed E-state index contributed by atoms with van der Waals surface area (Å²) in [5.74, 6) is 1.80. The maximum absolute atomic E-state index is 12.8. The van der Waals surface area contributed by atoms with Crippen LogP contribution >= 0.6 is 0 Å². The van der Waals surface area contributed by atoms with Gasteiger partial charge in [-0.2, -0.15) is 0 Å². The van der Waals surface area contributed by atoms with Crippen molar-refractivity contribution in [3.05, 3.63) is 12.2 Å². The van der Waals surface area contributed by atoms with Gasteiger partial charge in [0.05, 0.1) is 18.4 Å². The zero-order valence-electron chi connectivity index (χ0n) is 19.3. The minimum atomic E-state index is -0.110. The Hall–Kier alpha value is -1.89. The summed E-state index contributed by atoms with van der Waals surface area (Å²) in [6.07, 6.45) is 8.98. The van der Waals surface area contributed by atoms with Gasteiger partial charge in [-0.25, -0.2) is 0 Å². The smallest absolute Gasteiger partial charge is 0.233 e. The summed E-state index contributed by atoms with van der Waals surface area (Å²) >= 11 is 0. The average Bonchev–Trinajstić information content (AvgIpc) is 3.52. The molecule has 2 heterocycles. The van der Waals surface area contributed by atoms with E-state index >= 15 is 0 Å². The molecule has 1 saturated carbocycles. The summed E-state index contributed by atoms with van der Waals surface area (Å²) in [5, 5.41) is 6.67. The van der Waals surface area contributed by atoms with Crippen molar-refractivity contribution in [2.75, 3.05) is 39.3 Å². The van der Waals surface area contributed by atoms with Gasteiger partial charge >= 0.3 is 0 Å². The third kappa shape index (κ3) is 4.66. The van der Waals surface area contributed by atoms with Crippen LogP contribution in [0.1, 0.15) is 46.5 Å². The number of hydrogen-bond donors (Lipinski definition) is 2. The van der Waals surface area contributed by atoms with Crippen LogP contribution in [0.2, 0.25) is 0 Å². The van der Waals surface area contributed by atoms with Gasteiger partial charge in [0, 0.05) is 25.7 Å². The molecule has 2 saturated heterocycles. The molecular weight excluding hydrogens is 390 g/mol. The van der Waals surface area contributed by atoms with Crippen LogP contribution in [0.15, 0.2) is 17.1 Å². The Morgan fingerprint density at radius 3 is 2.32 bits per heavy atom. The van der Waals surface area contributed by atoms with Gasteiger partial charge < -0.3 is 10.6 Å². The number of hydrogen-bond acceptors (Lipinski definition) is 4. The monoisotopic (exact) mass is 429 g/mol. The number of aliphatic imine (C=N–C) groups is 1. The Labute approximate surface area is 186 Å². The zero-order valence-corrected chi connectivity index (χ0v) is 19.3. The van der Waals surface area contributed by atoms with E-state index in [1.54, 1.807) is 0 Å². The molecule has 2 amide bonds. The van der Waals surface area contributed by atoms with Gasteiger partial charge in [-0.3, -0.25) is 24.4 Å². The molecule has 2 aliphatic carbocycles. The molecule has 0 aromatic heterocycles. The molecule has 0 aromatic rings. The first-order chi connectivity index (χ1) is 15.0. The second-order valence-corrected chi connectivity index (χ2v) is 10.0. The predicted octanol–water partition coefficient (Wildman–Crippen LogP) is 1.86. The normalized spacial score (nSPS) is 31.2. The number of nitrogens with one attached hydrogen (secondary N) is 2. The van der Waals surface area contributed by atoms with Crippen LogP contribution < -0.4 is 10.6 Å². The van der Waals surface area contributed by atoms with Crippen molar-refractivity contribution in [3.8, 4) is 0 Å². The second kappa shape index (κ2) is 9.72. The van der Waals surface area contributed by atoms with Crippen LogP contribution in [0, 0.1) is 29.6 Å². The lowest BCUT2D eigenvalue weighted by atomic mass is 9.85. The van der Waals surface area contributed by atoms with E-state index in [4.69, 9.17) is 4.99 Å². The highest BCUT2D eigenvalue weighted by Crippen LogP contribution is 2.52. The molecule has 0 spiro atoms. The molecule has 4 rings (SSSR count). The fourth-order valence-corrected chi connectivity index (χ4v) is 6.00. The molecule has 4 aliphatic rings. The van der Waals surface area contributed by atoms with Gasteiger partial charge in [0.25, 0.3) is 0 Å². The largest absolute Gasteiger partial charge is 0.357 e. The first kappa shape index (κ1) is 22.3. The lowest BCUT2D eigenvalue weighted by molar-refractivity contribution is -0.140. The Morgan fingerprint density at radius 1 is 1.10 bits per heavy atom. The number of carbonyl (C=O) groups excluding carboxylic acids is 2. The van der Waals surface area contributed by atoms with Gasteiger partial charge in [0.1, 0.15) is 0 Å². The molecule has 7 heteroatoms. The van der Waals surface area contributed by atoms with Gasteiger partial charge in [-0.15, -0.1) is 0 Å². The summed E-state index contributed by atoms with van der Waals surface area (Å²) in [6, 6.07) is 0.474. The number of fused-ring (bicyclic) bond motifs is 5. The highest BCUT2D eigenvalue weighted by molar-refractivity contribution is 6.06. The summed E-state index contributed by atoms with van der Waals surface area (Å²) in [6.45, 7) is 11.5. The Bertz CT molecular complexity index is 697. The van der Waals surface area contributed by atoms with Crippen LogP contribution in [-0.4, -0.2) is 72.9 Å². The summed E-state index contributed by atoms with van der Waals surface area (Å²) in [7, 11) is 0. The fraction of sp³-hybridized carbons (Fsp3) is 0.792. The van der Waals surface area contributed by atoms with Crippen LogP contribution in [0.25, 0.3) is 0 Å². The second-order valence-electron chi connectivity index (χ2n) is 10.0. The maximum Gasteiger partial charge on any atom is 0.233 e. The summed E-state index contributed by atoms with van der Waals surface area (Å²) < 4.78 is 0. The SMILES string of the molecule is CCNC(=NCC(CC(C)C)N1CCCC1)NCCN1C(=O)C2C3C=CC(C3)C2C1=O. The average molecular weight is 430 g/mol. The number of likely N-dealkylation sites (tertiary alicyclic amines) is 2. The maximum atomic E-state index is 12.8. The fourth-order valence-electron chi connectivity index (χ4n) is 6.00. The molecule has 2 aliphatic heterocycles. The van der Waals surface area contributed by atoms with Crippen LogP contribution in [0.3, 0.4) is 0 Å². The molecule has 5 unspecified atom stereocenters. The highest BCUT2D eigenvalue weighted by Gasteiger charge is 2.58. The quantitative estimate of drug-likeness (QED) is 0.253. The standard InChI is InChI=1S/C24H39N5O2/c1-4-25-24(27-15-19(13-16(2)3)28-10-5-6-11-28)26-9-12-29-22(30)20-17-7-8-18(14-17)21(20)23(29)31/h7-8,16-21H,4-6,9-15H2,1-3H3,(H2,25,26,27). The molecule has 3 fully saturated rings. The first-order valence-electron chi connectivity index (χ1n) is 12.3. The van der Waals surface area contributed by atoms with Crippen molar-refractivity contribution >= 4 is 17.8 Å². The number of carbonyl (C=O) groups is 2. The van der Waals surface area contributed by atoms with E-state index in [1.807, 2.05) is 0 Å². The molecule has 31 heavy (non-hydrogen) atoms. The number of nitrogens with zero attached hydrogens (tertiary/aromatic N) is 3. The van der Waals surface area contributed by atoms with E-state index < -0.39 is 0 Å². The Morgan fingerprint density at radius 2 is 1.74 bits per heavy atom. The van der Waals surface area contributed by atoms with Gasteiger partial charge in [-0.1, -0.05) is 26.0 Å². The minimum Gasteiger partial charge on any atom is -0.357 e. The number of imide groups is 1. The van der Waals surface area contributed by atoms with Gasteiger partial charge in [0.15, 0.2) is 5.96 Å². The van der Waals surface area contributed by atoms with Crippen molar-refractivity contribution in [2.45, 2.75) is 52.5 Å². The summed E-state index contributed by atoms with van der Waals surface area (Å²) in [4.78, 5) is 34.6. The summed E-state index contributed by atoms with van der Waals surface area (Å²) in [5.41, 5.74) is 0. The van der Waals surface area contributed by atoms with Crippen LogP contribution in [-0.2, 0) is 9.59 Å². The van der Waals surface area contributed by atoms with E-state index in [0.717, 1.165) is 31.9 Å². The number of allylic oxidation sites excluding steroid dienone is 2. The molecule has 0 aromatic carbocycles. The van der Waals surface area contributed by atoms with E-state index in [0.29, 0.717) is 25.0 Å². The van der Waals surface area contributed by atoms with Crippen molar-refractivity contribution < 1.29 is 9.59 Å². The molecule has 2 bridgehead atoms. The number of amides is 2. The van der Waals surface area contributed by atoms with Crippen molar-refractivity contribution in [1.82, 2.24) is 20.4 Å². The van der Waals surface area contributed by atoms with E-state index in [2.05, 4.69) is 48.5 Å². The predicted molar refractivity (Wildman–Crippen MR) is 122 cm³/mol. The molecule has 2 N–H and O–H groups in total. The van der Waals surface area contributed by atoms with Crippen molar-refractivity contribution in [1.29, 1.82) is 0 Å².